The lowest BCUT2D eigenvalue weighted by atomic mass is 10.1. The molecule has 0 aliphatic carbocycles. The molecule has 2 aromatic heterocycles. The molecular formula is C25H36N6O6S. The van der Waals surface area contributed by atoms with Gasteiger partial charge in [-0.3, -0.25) is 9.69 Å². The van der Waals surface area contributed by atoms with Gasteiger partial charge < -0.3 is 19.5 Å². The first kappa shape index (κ1) is 28.2. The molecule has 0 atom stereocenters. The molecule has 0 spiro atoms. The summed E-state index contributed by atoms with van der Waals surface area (Å²) in [5.74, 6) is 0.732. The van der Waals surface area contributed by atoms with Crippen LogP contribution in [0.3, 0.4) is 0 Å². The lowest BCUT2D eigenvalue weighted by Gasteiger charge is -2.33. The van der Waals surface area contributed by atoms with Gasteiger partial charge in [0.05, 0.1) is 22.6 Å². The summed E-state index contributed by atoms with van der Waals surface area (Å²) >= 11 is 0. The van der Waals surface area contributed by atoms with Crippen LogP contribution >= 0.6 is 0 Å². The van der Waals surface area contributed by atoms with Crippen molar-refractivity contribution in [2.45, 2.75) is 38.0 Å². The average Bonchev–Trinajstić information content (AvgIpc) is 3.23. The maximum absolute atomic E-state index is 13.6. The number of quaternary nitrogens is 1. The molecule has 3 aromatic rings. The van der Waals surface area contributed by atoms with Crippen LogP contribution in [0.1, 0.15) is 32.3 Å². The summed E-state index contributed by atoms with van der Waals surface area (Å²) in [7, 11) is -1.99. The Morgan fingerprint density at radius 3 is 2.58 bits per heavy atom. The zero-order valence-corrected chi connectivity index (χ0v) is 22.9. The van der Waals surface area contributed by atoms with Gasteiger partial charge in [-0.25, -0.2) is 23.9 Å². The molecule has 208 valence electrons. The summed E-state index contributed by atoms with van der Waals surface area (Å²) in [6.07, 6.45) is 4.36. The summed E-state index contributed by atoms with van der Waals surface area (Å²) in [5.41, 5.74) is 2.60. The standard InChI is InChI=1S/C25H36N6O6S/c1-4-6-18-17-29(3)23-22(18)26-24(27-25(23)32)20-16-19(7-8-21(20)36-14-5-2)38(34,35)31-11-9-30(10-12-31)13-15-37-28-33/h7-8,16-17H,4-6,9-15,28H2,1-3H3,(H,26,27,32). The van der Waals surface area contributed by atoms with Crippen LogP contribution in [0.25, 0.3) is 22.4 Å². The van der Waals surface area contributed by atoms with Gasteiger partial charge in [0.2, 0.25) is 10.0 Å². The summed E-state index contributed by atoms with van der Waals surface area (Å²) in [4.78, 5) is 27.6. The number of nitrogens with one attached hydrogen (secondary N) is 1. The van der Waals surface area contributed by atoms with Crippen molar-refractivity contribution in [2.24, 2.45) is 7.05 Å². The fourth-order valence-corrected chi connectivity index (χ4v) is 6.17. The first-order chi connectivity index (χ1) is 18.3. The van der Waals surface area contributed by atoms with Crippen LogP contribution in [0, 0.1) is 5.21 Å². The highest BCUT2D eigenvalue weighted by Crippen LogP contribution is 2.32. The van der Waals surface area contributed by atoms with Gasteiger partial charge in [-0.15, -0.1) is 0 Å². The van der Waals surface area contributed by atoms with E-state index in [9.17, 15) is 18.4 Å². The quantitative estimate of drug-likeness (QED) is 0.251. The third-order valence-electron chi connectivity index (χ3n) is 6.65. The van der Waals surface area contributed by atoms with Gasteiger partial charge in [0.15, 0.2) is 0 Å². The van der Waals surface area contributed by atoms with Crippen molar-refractivity contribution in [3.63, 3.8) is 0 Å². The van der Waals surface area contributed by atoms with Crippen LogP contribution in [0.4, 0.5) is 0 Å². The Kier molecular flexibility index (Phi) is 9.18. The highest BCUT2D eigenvalue weighted by atomic mass is 32.2. The number of nitrogens with zero attached hydrogens (tertiary/aromatic N) is 4. The third kappa shape index (κ3) is 5.92. The summed E-state index contributed by atoms with van der Waals surface area (Å²) in [6.45, 7) is 7.02. The van der Waals surface area contributed by atoms with Crippen molar-refractivity contribution in [3.8, 4) is 17.1 Å². The van der Waals surface area contributed by atoms with E-state index < -0.39 is 10.0 Å². The first-order valence-corrected chi connectivity index (χ1v) is 14.4. The van der Waals surface area contributed by atoms with Crippen molar-refractivity contribution in [2.75, 3.05) is 45.9 Å². The Balaban J connectivity index is 1.70. The fourth-order valence-electron chi connectivity index (χ4n) is 4.72. The number of aryl methyl sites for hydroxylation is 2. The molecule has 0 bridgehead atoms. The van der Waals surface area contributed by atoms with E-state index in [0.29, 0.717) is 67.3 Å². The molecule has 1 aromatic carbocycles. The molecule has 4 rings (SSSR count). The molecule has 3 heterocycles. The number of hydrogen-bond donors (Lipinski definition) is 2. The van der Waals surface area contributed by atoms with Crippen LogP contribution < -0.4 is 15.9 Å². The van der Waals surface area contributed by atoms with Crippen LogP contribution in [0.5, 0.6) is 5.75 Å². The lowest BCUT2D eigenvalue weighted by Crippen LogP contribution is -2.76. The zero-order chi connectivity index (χ0) is 27.3. The van der Waals surface area contributed by atoms with Gasteiger partial charge >= 0.3 is 0 Å². The number of sulfonamides is 1. The molecule has 38 heavy (non-hydrogen) atoms. The molecule has 1 aliphatic heterocycles. The third-order valence-corrected chi connectivity index (χ3v) is 8.55. The number of aromatic nitrogens is 3. The van der Waals surface area contributed by atoms with E-state index in [4.69, 9.17) is 14.6 Å². The predicted molar refractivity (Wildman–Crippen MR) is 143 cm³/mol. The van der Waals surface area contributed by atoms with Gasteiger partial charge in [-0.1, -0.05) is 20.3 Å². The highest BCUT2D eigenvalue weighted by molar-refractivity contribution is 7.89. The number of piperazine rings is 1. The summed E-state index contributed by atoms with van der Waals surface area (Å²) in [6, 6.07) is 4.71. The first-order valence-electron chi connectivity index (χ1n) is 12.9. The second-order valence-electron chi connectivity index (χ2n) is 9.35. The summed E-state index contributed by atoms with van der Waals surface area (Å²) < 4.78 is 36.3. The molecule has 0 amide bonds. The average molecular weight is 549 g/mol. The second-order valence-corrected chi connectivity index (χ2v) is 11.3. The Bertz CT molecular complexity index is 1410. The minimum Gasteiger partial charge on any atom is -0.601 e. The number of nitrogens with two attached hydrogens (primary N) is 1. The van der Waals surface area contributed by atoms with Crippen molar-refractivity contribution in [1.29, 1.82) is 0 Å². The van der Waals surface area contributed by atoms with E-state index in [1.807, 2.05) is 20.2 Å². The number of rotatable bonds is 12. The Hall–Kier alpha value is -2.81. The Morgan fingerprint density at radius 1 is 1.13 bits per heavy atom. The molecule has 13 heteroatoms. The van der Waals surface area contributed by atoms with E-state index >= 15 is 0 Å². The molecule has 0 saturated carbocycles. The number of benzene rings is 1. The van der Waals surface area contributed by atoms with E-state index in [0.717, 1.165) is 24.8 Å². The Morgan fingerprint density at radius 2 is 1.89 bits per heavy atom. The maximum atomic E-state index is 13.6. The van der Waals surface area contributed by atoms with E-state index in [2.05, 4.69) is 16.8 Å². The van der Waals surface area contributed by atoms with E-state index in [-0.39, 0.29) is 22.9 Å². The fraction of sp³-hybridized carbons (Fsp3) is 0.520. The minimum atomic E-state index is -3.80. The molecule has 0 unspecified atom stereocenters. The van der Waals surface area contributed by atoms with Crippen LogP contribution in [0.15, 0.2) is 34.1 Å². The zero-order valence-electron chi connectivity index (χ0n) is 22.1. The maximum Gasteiger partial charge on any atom is 0.275 e. The molecule has 1 saturated heterocycles. The van der Waals surface area contributed by atoms with Crippen molar-refractivity contribution in [1.82, 2.24) is 23.7 Å². The second kappa shape index (κ2) is 12.4. The molecule has 12 nitrogen and oxygen atoms in total. The van der Waals surface area contributed by atoms with Gasteiger partial charge in [0, 0.05) is 46.0 Å². The normalized spacial score (nSPS) is 15.4. The van der Waals surface area contributed by atoms with Gasteiger partial charge in [-0.2, -0.15) is 4.31 Å². The van der Waals surface area contributed by atoms with E-state index in [1.165, 1.54) is 16.4 Å². The van der Waals surface area contributed by atoms with E-state index in [1.54, 1.807) is 10.6 Å². The largest absolute Gasteiger partial charge is 0.601 e. The van der Waals surface area contributed by atoms with Gasteiger partial charge in [0.25, 0.3) is 5.56 Å². The predicted octanol–water partition coefficient (Wildman–Crippen LogP) is 0.969. The number of hydrogen-bond acceptors (Lipinski definition) is 8. The Labute approximate surface area is 222 Å². The topological polar surface area (TPSA) is 149 Å². The number of fused-ring (bicyclic) bond motifs is 1. The molecule has 1 aliphatic rings. The smallest absolute Gasteiger partial charge is 0.275 e. The van der Waals surface area contributed by atoms with Crippen LogP contribution in [-0.2, 0) is 28.3 Å². The molecule has 3 N–H and O–H groups in total. The van der Waals surface area contributed by atoms with Crippen molar-refractivity contribution >= 4 is 21.1 Å². The van der Waals surface area contributed by atoms with Crippen molar-refractivity contribution in [3.05, 3.63) is 45.5 Å². The monoisotopic (exact) mass is 548 g/mol. The number of ether oxygens (including phenoxy) is 1. The SMILES string of the molecule is CCCOc1ccc(S(=O)(=O)N2CCN(CCO[NH2+][O-])CC2)cc1-c1nc2c(CCC)cn(C)c2c(=O)[nH]1. The lowest BCUT2D eigenvalue weighted by molar-refractivity contribution is -0.850. The summed E-state index contributed by atoms with van der Waals surface area (Å²) in [5, 5.41) is 10.4. The van der Waals surface area contributed by atoms with Gasteiger partial charge in [-0.05, 0) is 36.6 Å². The van der Waals surface area contributed by atoms with Crippen LogP contribution in [-0.4, -0.2) is 78.1 Å². The molecular weight excluding hydrogens is 512 g/mol. The van der Waals surface area contributed by atoms with Gasteiger partial charge in [0.1, 0.15) is 23.7 Å². The van der Waals surface area contributed by atoms with Crippen LogP contribution in [0.2, 0.25) is 0 Å². The number of aromatic amines is 1. The van der Waals surface area contributed by atoms with Crippen molar-refractivity contribution < 1.29 is 23.6 Å². The number of H-pyrrole nitrogens is 1. The molecule has 0 radical (unpaired) electrons. The highest BCUT2D eigenvalue weighted by Gasteiger charge is 2.29. The minimum absolute atomic E-state index is 0.110. The molecule has 1 fully saturated rings.